The van der Waals surface area contributed by atoms with Crippen molar-refractivity contribution < 1.29 is 19.1 Å². The van der Waals surface area contributed by atoms with Crippen LogP contribution in [0.2, 0.25) is 0 Å². The summed E-state index contributed by atoms with van der Waals surface area (Å²) in [6.07, 6.45) is 21.6. The van der Waals surface area contributed by atoms with Gasteiger partial charge in [-0.1, -0.05) is 65.2 Å². The fourth-order valence-electron chi connectivity index (χ4n) is 11.1. The standard InChI is InChI=1S/C44H79N7O4/c1-11-19-36(31-25-41(3,4)50(42(5,6)26-31)54-33-21-15-13-16-22-33)45-38-47-39(49-40(48-38)53-30-35-29-52-35)46-37(20-12-2)32-27-43(7,8)51(44(9,10)28-32)55-34-23-17-14-18-24-34/h31-37H,11-30H2,1-10H3,(H2,45,46,47,48,49). The summed E-state index contributed by atoms with van der Waals surface area (Å²) in [4.78, 5) is 28.6. The van der Waals surface area contributed by atoms with Crippen molar-refractivity contribution in [2.45, 2.75) is 237 Å². The monoisotopic (exact) mass is 770 g/mol. The Bertz CT molecular complexity index is 1230. The van der Waals surface area contributed by atoms with Gasteiger partial charge in [0.15, 0.2) is 0 Å². The average molecular weight is 770 g/mol. The zero-order valence-electron chi connectivity index (χ0n) is 36.6. The number of anilines is 2. The SMILES string of the molecule is CCCC(Nc1nc(NC(CCC)C2CC(C)(C)N(OC3CCCCC3)C(C)(C)C2)nc(OCC2CO2)n1)C1CC(C)(C)N(OC2CCCCC2)C(C)(C)C1. The molecule has 0 amide bonds. The molecule has 1 aromatic rings. The van der Waals surface area contributed by atoms with Gasteiger partial charge in [0.1, 0.15) is 12.7 Å². The van der Waals surface area contributed by atoms with Crippen LogP contribution in [-0.4, -0.2) is 90.8 Å². The molecule has 3 atom stereocenters. The first-order valence-electron chi connectivity index (χ1n) is 22.6. The van der Waals surface area contributed by atoms with Crippen LogP contribution in [0, 0.1) is 11.8 Å². The molecule has 0 spiro atoms. The molecular formula is C44H79N7O4. The first kappa shape index (κ1) is 42.8. The summed E-state index contributed by atoms with van der Waals surface area (Å²) in [5, 5.41) is 12.5. The zero-order chi connectivity index (χ0) is 39.4. The maximum absolute atomic E-state index is 6.86. The number of nitrogens with zero attached hydrogens (tertiary/aromatic N) is 5. The maximum Gasteiger partial charge on any atom is 0.323 e. The van der Waals surface area contributed by atoms with Gasteiger partial charge in [-0.2, -0.15) is 25.1 Å². The Morgan fingerprint density at radius 1 is 0.618 bits per heavy atom. The number of aromatic nitrogens is 3. The molecule has 2 aliphatic carbocycles. The predicted molar refractivity (Wildman–Crippen MR) is 221 cm³/mol. The Morgan fingerprint density at radius 2 is 1.00 bits per heavy atom. The lowest BCUT2D eigenvalue weighted by Crippen LogP contribution is -2.63. The van der Waals surface area contributed by atoms with E-state index >= 15 is 0 Å². The number of epoxide rings is 1. The molecule has 3 unspecified atom stereocenters. The lowest BCUT2D eigenvalue weighted by Gasteiger charge is -2.56. The molecule has 0 aromatic carbocycles. The molecule has 0 radical (unpaired) electrons. The van der Waals surface area contributed by atoms with Gasteiger partial charge in [0.25, 0.3) is 0 Å². The Labute approximate surface area is 334 Å². The van der Waals surface area contributed by atoms with Crippen molar-refractivity contribution in [2.24, 2.45) is 11.8 Å². The van der Waals surface area contributed by atoms with E-state index in [1.165, 1.54) is 64.2 Å². The summed E-state index contributed by atoms with van der Waals surface area (Å²) in [6, 6.07) is 0.766. The molecule has 2 saturated carbocycles. The van der Waals surface area contributed by atoms with Crippen molar-refractivity contribution in [3.8, 4) is 6.01 Å². The molecule has 55 heavy (non-hydrogen) atoms. The van der Waals surface area contributed by atoms with Crippen molar-refractivity contribution in [2.75, 3.05) is 23.8 Å². The molecule has 0 bridgehead atoms. The number of hydroxylamine groups is 4. The second kappa shape index (κ2) is 18.0. The van der Waals surface area contributed by atoms with Crippen molar-refractivity contribution in [1.82, 2.24) is 25.1 Å². The molecule has 4 heterocycles. The highest BCUT2D eigenvalue weighted by Crippen LogP contribution is 2.47. The fraction of sp³-hybridized carbons (Fsp3) is 0.932. The van der Waals surface area contributed by atoms with Gasteiger partial charge < -0.3 is 20.1 Å². The lowest BCUT2D eigenvalue weighted by molar-refractivity contribution is -0.314. The number of hydrogen-bond acceptors (Lipinski definition) is 11. The topological polar surface area (TPSA) is 109 Å². The second-order valence-electron chi connectivity index (χ2n) is 20.5. The number of hydrogen-bond donors (Lipinski definition) is 2. The minimum absolute atomic E-state index is 0.103. The normalized spacial score (nSPS) is 27.7. The van der Waals surface area contributed by atoms with Crippen LogP contribution in [0.15, 0.2) is 0 Å². The van der Waals surface area contributed by atoms with E-state index in [1.807, 2.05) is 0 Å². The van der Waals surface area contributed by atoms with Gasteiger partial charge in [-0.15, -0.1) is 0 Å². The quantitative estimate of drug-likeness (QED) is 0.148. The third-order valence-electron chi connectivity index (χ3n) is 13.2. The number of piperidine rings is 2. The molecule has 3 saturated heterocycles. The molecular weight excluding hydrogens is 691 g/mol. The van der Waals surface area contributed by atoms with Crippen molar-refractivity contribution in [3.63, 3.8) is 0 Å². The Kier molecular flexibility index (Phi) is 14.0. The molecule has 314 valence electrons. The van der Waals surface area contributed by atoms with E-state index in [4.69, 9.17) is 34.1 Å². The van der Waals surface area contributed by atoms with Crippen LogP contribution in [0.5, 0.6) is 6.01 Å². The fourth-order valence-corrected chi connectivity index (χ4v) is 11.1. The van der Waals surface area contributed by atoms with Gasteiger partial charge in [0.05, 0.1) is 18.8 Å². The molecule has 5 fully saturated rings. The van der Waals surface area contributed by atoms with E-state index in [-0.39, 0.29) is 40.3 Å². The highest BCUT2D eigenvalue weighted by Gasteiger charge is 2.50. The summed E-state index contributed by atoms with van der Waals surface area (Å²) >= 11 is 0. The molecule has 1 aromatic heterocycles. The Morgan fingerprint density at radius 3 is 1.35 bits per heavy atom. The van der Waals surface area contributed by atoms with Gasteiger partial charge in [-0.05, 0) is 131 Å². The molecule has 11 nitrogen and oxygen atoms in total. The molecule has 3 aliphatic heterocycles. The van der Waals surface area contributed by atoms with Crippen LogP contribution in [0.1, 0.15) is 185 Å². The van der Waals surface area contributed by atoms with E-state index in [1.54, 1.807) is 0 Å². The van der Waals surface area contributed by atoms with Crippen LogP contribution < -0.4 is 15.4 Å². The van der Waals surface area contributed by atoms with Crippen LogP contribution in [-0.2, 0) is 14.4 Å². The van der Waals surface area contributed by atoms with E-state index in [2.05, 4.69) is 90.0 Å². The van der Waals surface area contributed by atoms with Crippen molar-refractivity contribution >= 4 is 11.9 Å². The summed E-state index contributed by atoms with van der Waals surface area (Å²) in [5.41, 5.74) is -0.413. The minimum atomic E-state index is -0.103. The first-order valence-corrected chi connectivity index (χ1v) is 22.6. The van der Waals surface area contributed by atoms with Crippen LogP contribution in [0.25, 0.3) is 0 Å². The first-order chi connectivity index (χ1) is 26.1. The second-order valence-corrected chi connectivity index (χ2v) is 20.5. The smallest absolute Gasteiger partial charge is 0.323 e. The Hall–Kier alpha value is -1.79. The summed E-state index contributed by atoms with van der Waals surface area (Å²) < 4.78 is 11.7. The van der Waals surface area contributed by atoms with Crippen LogP contribution in [0.3, 0.4) is 0 Å². The van der Waals surface area contributed by atoms with Gasteiger partial charge in [-0.3, -0.25) is 9.68 Å². The maximum atomic E-state index is 6.86. The summed E-state index contributed by atoms with van der Waals surface area (Å²) in [6.45, 7) is 24.7. The average Bonchev–Trinajstić information content (AvgIpc) is 3.95. The lowest BCUT2D eigenvalue weighted by atomic mass is 9.71. The van der Waals surface area contributed by atoms with Crippen LogP contribution in [0.4, 0.5) is 11.9 Å². The summed E-state index contributed by atoms with van der Waals surface area (Å²) in [5.74, 6) is 2.02. The van der Waals surface area contributed by atoms with Gasteiger partial charge in [0.2, 0.25) is 11.9 Å². The predicted octanol–water partition coefficient (Wildman–Crippen LogP) is 9.88. The molecule has 2 N–H and O–H groups in total. The minimum Gasteiger partial charge on any atom is -0.460 e. The van der Waals surface area contributed by atoms with Gasteiger partial charge in [-0.25, -0.2) is 0 Å². The molecule has 11 heteroatoms. The van der Waals surface area contributed by atoms with E-state index in [0.717, 1.165) is 58.0 Å². The third kappa shape index (κ3) is 11.2. The largest absolute Gasteiger partial charge is 0.460 e. The number of nitrogens with one attached hydrogen (secondary N) is 2. The van der Waals surface area contributed by atoms with Crippen LogP contribution >= 0.6 is 0 Å². The van der Waals surface area contributed by atoms with E-state index in [0.29, 0.717) is 48.6 Å². The number of ether oxygens (including phenoxy) is 2. The highest BCUT2D eigenvalue weighted by molar-refractivity contribution is 5.38. The van der Waals surface area contributed by atoms with Crippen molar-refractivity contribution in [3.05, 3.63) is 0 Å². The summed E-state index contributed by atoms with van der Waals surface area (Å²) in [7, 11) is 0. The molecule has 6 rings (SSSR count). The highest BCUT2D eigenvalue weighted by atomic mass is 16.7. The zero-order valence-corrected chi connectivity index (χ0v) is 36.6. The Balaban J connectivity index is 1.20. The van der Waals surface area contributed by atoms with Crippen molar-refractivity contribution in [1.29, 1.82) is 0 Å². The third-order valence-corrected chi connectivity index (χ3v) is 13.2. The van der Waals surface area contributed by atoms with Gasteiger partial charge >= 0.3 is 6.01 Å². The number of rotatable bonds is 17. The molecule has 5 aliphatic rings. The van der Waals surface area contributed by atoms with E-state index < -0.39 is 0 Å². The van der Waals surface area contributed by atoms with E-state index in [9.17, 15) is 0 Å². The van der Waals surface area contributed by atoms with Gasteiger partial charge in [0, 0.05) is 34.2 Å².